The molecule has 0 spiro atoms. The van der Waals surface area contributed by atoms with E-state index >= 15 is 0 Å². The lowest BCUT2D eigenvalue weighted by Gasteiger charge is -2.08. The van der Waals surface area contributed by atoms with Crippen molar-refractivity contribution in [1.29, 1.82) is 0 Å². The number of carbonyl (C=O) groups excluding carboxylic acids is 1. The Kier molecular flexibility index (Phi) is 5.01. The van der Waals surface area contributed by atoms with Crippen molar-refractivity contribution < 1.29 is 13.9 Å². The van der Waals surface area contributed by atoms with Crippen molar-refractivity contribution in [2.75, 3.05) is 0 Å². The van der Waals surface area contributed by atoms with E-state index in [4.69, 9.17) is 4.74 Å². The Labute approximate surface area is 161 Å². The molecule has 0 unspecified atom stereocenters. The second-order valence-electron chi connectivity index (χ2n) is 6.37. The van der Waals surface area contributed by atoms with Crippen molar-refractivity contribution >= 4 is 16.8 Å². The predicted molar refractivity (Wildman–Crippen MR) is 105 cm³/mol. The summed E-state index contributed by atoms with van der Waals surface area (Å²) < 4.78 is 18.6. The maximum absolute atomic E-state index is 13.0. The SMILES string of the molecule is O=C(Cc1c[nH]c2ccccc12)NCc1ccnc(Oc2ccc(F)cc2)c1. The van der Waals surface area contributed by atoms with Gasteiger partial charge in [-0.1, -0.05) is 18.2 Å². The fourth-order valence-corrected chi connectivity index (χ4v) is 2.95. The van der Waals surface area contributed by atoms with Gasteiger partial charge in [-0.3, -0.25) is 4.79 Å². The van der Waals surface area contributed by atoms with Crippen LogP contribution in [0.3, 0.4) is 0 Å². The molecule has 0 atom stereocenters. The van der Waals surface area contributed by atoms with Gasteiger partial charge in [0.1, 0.15) is 11.6 Å². The highest BCUT2D eigenvalue weighted by Crippen LogP contribution is 2.20. The summed E-state index contributed by atoms with van der Waals surface area (Å²) in [5, 5.41) is 3.97. The van der Waals surface area contributed by atoms with Crippen molar-refractivity contribution in [1.82, 2.24) is 15.3 Å². The molecule has 1 amide bonds. The fraction of sp³-hybridized carbons (Fsp3) is 0.0909. The Bertz CT molecular complexity index is 1110. The quantitative estimate of drug-likeness (QED) is 0.526. The van der Waals surface area contributed by atoms with E-state index in [1.165, 1.54) is 24.3 Å². The van der Waals surface area contributed by atoms with Gasteiger partial charge in [0.05, 0.1) is 6.42 Å². The first kappa shape index (κ1) is 17.7. The zero-order chi connectivity index (χ0) is 19.3. The number of fused-ring (bicyclic) bond motifs is 1. The number of rotatable bonds is 6. The Morgan fingerprint density at radius 2 is 1.93 bits per heavy atom. The summed E-state index contributed by atoms with van der Waals surface area (Å²) in [6, 6.07) is 17.2. The van der Waals surface area contributed by atoms with Gasteiger partial charge in [-0.2, -0.15) is 0 Å². The molecule has 4 rings (SSSR count). The van der Waals surface area contributed by atoms with E-state index in [2.05, 4.69) is 15.3 Å². The van der Waals surface area contributed by atoms with Crippen LogP contribution in [0.4, 0.5) is 4.39 Å². The van der Waals surface area contributed by atoms with Crippen LogP contribution in [-0.2, 0) is 17.8 Å². The lowest BCUT2D eigenvalue weighted by molar-refractivity contribution is -0.120. The summed E-state index contributed by atoms with van der Waals surface area (Å²) in [6.45, 7) is 0.365. The summed E-state index contributed by atoms with van der Waals surface area (Å²) in [4.78, 5) is 19.6. The molecule has 5 nitrogen and oxygen atoms in total. The van der Waals surface area contributed by atoms with Gasteiger partial charge >= 0.3 is 0 Å². The third kappa shape index (κ3) is 4.17. The van der Waals surface area contributed by atoms with Gasteiger partial charge in [0.25, 0.3) is 0 Å². The van der Waals surface area contributed by atoms with E-state index in [1.807, 2.05) is 36.5 Å². The molecule has 0 aliphatic carbocycles. The Morgan fingerprint density at radius 1 is 1.11 bits per heavy atom. The number of hydrogen-bond acceptors (Lipinski definition) is 3. The molecule has 2 heterocycles. The second kappa shape index (κ2) is 7.92. The molecular formula is C22H18FN3O2. The second-order valence-corrected chi connectivity index (χ2v) is 6.37. The highest BCUT2D eigenvalue weighted by Gasteiger charge is 2.09. The predicted octanol–water partition coefficient (Wildman–Crippen LogP) is 4.35. The zero-order valence-electron chi connectivity index (χ0n) is 15.0. The third-order valence-electron chi connectivity index (χ3n) is 4.35. The standard InChI is InChI=1S/C22H18FN3O2/c23-17-5-7-18(8-6-17)28-22-11-15(9-10-24-22)13-26-21(27)12-16-14-25-20-4-2-1-3-19(16)20/h1-11,14,25H,12-13H2,(H,26,27). The van der Waals surface area contributed by atoms with Crippen LogP contribution >= 0.6 is 0 Å². The molecule has 0 saturated carbocycles. The maximum Gasteiger partial charge on any atom is 0.224 e. The summed E-state index contributed by atoms with van der Waals surface area (Å²) in [6.07, 6.45) is 3.78. The molecule has 0 aliphatic rings. The first-order valence-corrected chi connectivity index (χ1v) is 8.87. The topological polar surface area (TPSA) is 67.0 Å². The molecule has 0 saturated heterocycles. The van der Waals surface area contributed by atoms with Gasteiger partial charge < -0.3 is 15.0 Å². The van der Waals surface area contributed by atoms with Crippen LogP contribution in [0.2, 0.25) is 0 Å². The lowest BCUT2D eigenvalue weighted by Crippen LogP contribution is -2.24. The average Bonchev–Trinajstić information content (AvgIpc) is 3.11. The highest BCUT2D eigenvalue weighted by molar-refractivity contribution is 5.88. The minimum atomic E-state index is -0.327. The number of nitrogens with one attached hydrogen (secondary N) is 2. The Morgan fingerprint density at radius 3 is 2.79 bits per heavy atom. The molecular weight excluding hydrogens is 357 g/mol. The summed E-state index contributed by atoms with van der Waals surface area (Å²) in [5.74, 6) is 0.485. The molecule has 2 N–H and O–H groups in total. The van der Waals surface area contributed by atoms with E-state index in [9.17, 15) is 9.18 Å². The number of halogens is 1. The van der Waals surface area contributed by atoms with E-state index in [0.29, 0.717) is 24.6 Å². The number of benzene rings is 2. The molecule has 28 heavy (non-hydrogen) atoms. The average molecular weight is 375 g/mol. The molecule has 2 aromatic carbocycles. The van der Waals surface area contributed by atoms with Crippen LogP contribution in [0.5, 0.6) is 11.6 Å². The number of nitrogens with zero attached hydrogens (tertiary/aromatic N) is 1. The number of hydrogen-bond donors (Lipinski definition) is 2. The van der Waals surface area contributed by atoms with Crippen LogP contribution in [-0.4, -0.2) is 15.9 Å². The first-order valence-electron chi connectivity index (χ1n) is 8.87. The largest absolute Gasteiger partial charge is 0.439 e. The van der Waals surface area contributed by atoms with Crippen molar-refractivity contribution in [3.63, 3.8) is 0 Å². The van der Waals surface area contributed by atoms with Crippen LogP contribution < -0.4 is 10.1 Å². The van der Waals surface area contributed by atoms with E-state index in [0.717, 1.165) is 22.0 Å². The summed E-state index contributed by atoms with van der Waals surface area (Å²) in [5.41, 5.74) is 2.84. The van der Waals surface area contributed by atoms with Gasteiger partial charge in [0, 0.05) is 35.9 Å². The van der Waals surface area contributed by atoms with Crippen molar-refractivity contribution in [2.45, 2.75) is 13.0 Å². The fourth-order valence-electron chi connectivity index (χ4n) is 2.95. The molecule has 0 aliphatic heterocycles. The van der Waals surface area contributed by atoms with Crippen LogP contribution in [0, 0.1) is 5.82 Å². The third-order valence-corrected chi connectivity index (χ3v) is 4.35. The number of carbonyl (C=O) groups is 1. The number of para-hydroxylation sites is 1. The molecule has 140 valence electrons. The normalized spacial score (nSPS) is 10.8. The lowest BCUT2D eigenvalue weighted by atomic mass is 10.1. The van der Waals surface area contributed by atoms with Gasteiger partial charge in [-0.25, -0.2) is 9.37 Å². The van der Waals surface area contributed by atoms with Crippen LogP contribution in [0.15, 0.2) is 73.1 Å². The maximum atomic E-state index is 13.0. The highest BCUT2D eigenvalue weighted by atomic mass is 19.1. The monoisotopic (exact) mass is 375 g/mol. The Hall–Kier alpha value is -3.67. The van der Waals surface area contributed by atoms with Crippen LogP contribution in [0.1, 0.15) is 11.1 Å². The van der Waals surface area contributed by atoms with Gasteiger partial charge in [0.15, 0.2) is 0 Å². The van der Waals surface area contributed by atoms with Gasteiger partial charge in [-0.15, -0.1) is 0 Å². The van der Waals surface area contributed by atoms with Crippen molar-refractivity contribution in [3.8, 4) is 11.6 Å². The molecule has 0 fully saturated rings. The number of pyridine rings is 1. The van der Waals surface area contributed by atoms with E-state index < -0.39 is 0 Å². The first-order chi connectivity index (χ1) is 13.7. The van der Waals surface area contributed by atoms with E-state index in [-0.39, 0.29) is 11.7 Å². The molecule has 4 aromatic rings. The molecule has 2 aromatic heterocycles. The summed E-state index contributed by atoms with van der Waals surface area (Å²) >= 11 is 0. The molecule has 0 bridgehead atoms. The Balaban J connectivity index is 1.36. The number of amides is 1. The van der Waals surface area contributed by atoms with Crippen molar-refractivity contribution in [3.05, 3.63) is 90.0 Å². The van der Waals surface area contributed by atoms with E-state index in [1.54, 1.807) is 12.3 Å². The van der Waals surface area contributed by atoms with Crippen molar-refractivity contribution in [2.24, 2.45) is 0 Å². The van der Waals surface area contributed by atoms with Gasteiger partial charge in [-0.05, 0) is 47.5 Å². The molecule has 0 radical (unpaired) electrons. The van der Waals surface area contributed by atoms with Gasteiger partial charge in [0.2, 0.25) is 11.8 Å². The minimum Gasteiger partial charge on any atom is -0.439 e. The zero-order valence-corrected chi connectivity index (χ0v) is 15.0. The number of ether oxygens (including phenoxy) is 1. The number of aromatic amines is 1. The number of aromatic nitrogens is 2. The molecule has 6 heteroatoms. The minimum absolute atomic E-state index is 0.0671. The number of H-pyrrole nitrogens is 1. The van der Waals surface area contributed by atoms with Crippen LogP contribution in [0.25, 0.3) is 10.9 Å². The summed E-state index contributed by atoms with van der Waals surface area (Å²) in [7, 11) is 0. The smallest absolute Gasteiger partial charge is 0.224 e.